The average Bonchev–Trinajstić information content (AvgIpc) is 2.90. The number of nitrogens with one attached hydrogen (secondary N) is 1. The van der Waals surface area contributed by atoms with Gasteiger partial charge in [-0.1, -0.05) is 35.9 Å². The zero-order valence-electron chi connectivity index (χ0n) is 13.1. The van der Waals surface area contributed by atoms with E-state index in [9.17, 15) is 9.59 Å². The number of aromatic nitrogens is 3. The second kappa shape index (κ2) is 6.08. The first-order valence-electron chi connectivity index (χ1n) is 7.45. The van der Waals surface area contributed by atoms with Gasteiger partial charge < -0.3 is 5.32 Å². The molecule has 0 aliphatic carbocycles. The van der Waals surface area contributed by atoms with Crippen LogP contribution in [0.5, 0.6) is 0 Å². The lowest BCUT2D eigenvalue weighted by Crippen LogP contribution is -2.35. The van der Waals surface area contributed by atoms with Gasteiger partial charge in [-0.25, -0.2) is 9.48 Å². The Morgan fingerprint density at radius 3 is 2.65 bits per heavy atom. The number of carbonyl (C=O) groups excluding carboxylic acids is 1. The Hall–Kier alpha value is -2.89. The average molecular weight is 310 g/mol. The fraction of sp³-hybridized carbons (Fsp3) is 0.235. The van der Waals surface area contributed by atoms with E-state index in [-0.39, 0.29) is 11.6 Å². The molecule has 0 bridgehead atoms. The topological polar surface area (TPSA) is 68.4 Å². The van der Waals surface area contributed by atoms with Crippen LogP contribution < -0.4 is 11.0 Å². The first-order chi connectivity index (χ1) is 11.1. The molecule has 1 atom stereocenters. The normalized spacial score (nSPS) is 12.3. The number of aryl methyl sites for hydroxylation is 1. The molecule has 0 saturated heterocycles. The van der Waals surface area contributed by atoms with Gasteiger partial charge in [0.2, 0.25) is 5.91 Å². The minimum Gasteiger partial charge on any atom is -0.350 e. The quantitative estimate of drug-likeness (QED) is 0.797. The van der Waals surface area contributed by atoms with Gasteiger partial charge in [-0.15, -0.1) is 5.10 Å². The van der Waals surface area contributed by atoms with Crippen molar-refractivity contribution >= 4 is 11.6 Å². The van der Waals surface area contributed by atoms with E-state index in [4.69, 9.17) is 0 Å². The number of pyridine rings is 1. The molecule has 1 unspecified atom stereocenters. The third kappa shape index (κ3) is 3.01. The summed E-state index contributed by atoms with van der Waals surface area (Å²) in [4.78, 5) is 24.6. The van der Waals surface area contributed by atoms with Crippen LogP contribution in [-0.2, 0) is 11.3 Å². The van der Waals surface area contributed by atoms with Crippen LogP contribution in [-0.4, -0.2) is 20.1 Å². The van der Waals surface area contributed by atoms with Crippen LogP contribution in [0.3, 0.4) is 0 Å². The summed E-state index contributed by atoms with van der Waals surface area (Å²) in [5.41, 5.74) is 2.39. The summed E-state index contributed by atoms with van der Waals surface area (Å²) in [6.07, 6.45) is 1.64. The van der Waals surface area contributed by atoms with Crippen LogP contribution in [0.1, 0.15) is 24.1 Å². The van der Waals surface area contributed by atoms with Gasteiger partial charge in [-0.05, 0) is 31.5 Å². The van der Waals surface area contributed by atoms with Gasteiger partial charge in [0.05, 0.1) is 0 Å². The summed E-state index contributed by atoms with van der Waals surface area (Å²) < 4.78 is 2.63. The van der Waals surface area contributed by atoms with E-state index in [0.717, 1.165) is 5.56 Å². The van der Waals surface area contributed by atoms with E-state index in [0.29, 0.717) is 12.2 Å². The van der Waals surface area contributed by atoms with Crippen molar-refractivity contribution in [3.05, 3.63) is 70.3 Å². The van der Waals surface area contributed by atoms with Crippen molar-refractivity contribution in [2.45, 2.75) is 26.4 Å². The highest BCUT2D eigenvalue weighted by atomic mass is 16.2. The maximum atomic E-state index is 12.3. The Balaban J connectivity index is 1.74. The first-order valence-corrected chi connectivity index (χ1v) is 7.45. The van der Waals surface area contributed by atoms with Crippen LogP contribution in [0.2, 0.25) is 0 Å². The smallest absolute Gasteiger partial charge is 0.350 e. The molecule has 1 N–H and O–H groups in total. The van der Waals surface area contributed by atoms with Crippen LogP contribution >= 0.6 is 0 Å². The van der Waals surface area contributed by atoms with E-state index < -0.39 is 6.04 Å². The molecule has 6 nitrogen and oxygen atoms in total. The lowest BCUT2D eigenvalue weighted by atomic mass is 10.1. The third-order valence-electron chi connectivity index (χ3n) is 3.78. The Kier molecular flexibility index (Phi) is 3.97. The van der Waals surface area contributed by atoms with Gasteiger partial charge in [0.25, 0.3) is 0 Å². The van der Waals surface area contributed by atoms with E-state index in [2.05, 4.69) is 10.4 Å². The summed E-state index contributed by atoms with van der Waals surface area (Å²) in [5, 5.41) is 7.05. The summed E-state index contributed by atoms with van der Waals surface area (Å²) in [5.74, 6) is -0.240. The Labute approximate surface area is 133 Å². The predicted molar refractivity (Wildman–Crippen MR) is 87.2 cm³/mol. The number of hydrogen-bond donors (Lipinski definition) is 1. The molecule has 0 aliphatic rings. The highest BCUT2D eigenvalue weighted by molar-refractivity contribution is 5.79. The number of hydrogen-bond acceptors (Lipinski definition) is 3. The monoisotopic (exact) mass is 310 g/mol. The minimum absolute atomic E-state index is 0.240. The number of nitrogens with zero attached hydrogens (tertiary/aromatic N) is 3. The largest absolute Gasteiger partial charge is 0.351 e. The molecule has 6 heteroatoms. The fourth-order valence-electron chi connectivity index (χ4n) is 2.35. The van der Waals surface area contributed by atoms with E-state index in [1.807, 2.05) is 31.2 Å². The molecule has 1 amide bonds. The molecule has 2 heterocycles. The predicted octanol–water partition coefficient (Wildman–Crippen LogP) is 1.68. The van der Waals surface area contributed by atoms with Crippen molar-refractivity contribution in [1.29, 1.82) is 0 Å². The van der Waals surface area contributed by atoms with Crippen molar-refractivity contribution < 1.29 is 4.79 Å². The molecule has 0 radical (unpaired) electrons. The molecule has 0 spiro atoms. The number of fused-ring (bicyclic) bond motifs is 1. The maximum Gasteiger partial charge on any atom is 0.351 e. The van der Waals surface area contributed by atoms with Gasteiger partial charge in [0.1, 0.15) is 6.04 Å². The molecule has 0 fully saturated rings. The lowest BCUT2D eigenvalue weighted by Gasteiger charge is -2.11. The van der Waals surface area contributed by atoms with Crippen molar-refractivity contribution in [3.8, 4) is 0 Å². The molecule has 1 aromatic carbocycles. The van der Waals surface area contributed by atoms with Crippen molar-refractivity contribution in [3.63, 3.8) is 0 Å². The van der Waals surface area contributed by atoms with Crippen LogP contribution in [0, 0.1) is 6.92 Å². The standard InChI is InChI=1S/C17H18N4O2/c1-12-6-8-14(9-7-12)11-18-16(22)13(2)21-17(23)20-10-4-3-5-15(20)19-21/h3-10,13H,11H2,1-2H3,(H,18,22). The number of amides is 1. The second-order valence-corrected chi connectivity index (χ2v) is 5.54. The molecular formula is C17H18N4O2. The van der Waals surface area contributed by atoms with E-state index in [1.54, 1.807) is 31.3 Å². The highest BCUT2D eigenvalue weighted by Crippen LogP contribution is 2.06. The summed E-state index contributed by atoms with van der Waals surface area (Å²) >= 11 is 0. The maximum absolute atomic E-state index is 12.3. The Morgan fingerprint density at radius 1 is 1.22 bits per heavy atom. The van der Waals surface area contributed by atoms with Crippen molar-refractivity contribution in [2.75, 3.05) is 0 Å². The van der Waals surface area contributed by atoms with Crippen LogP contribution in [0.15, 0.2) is 53.5 Å². The minimum atomic E-state index is -0.673. The summed E-state index contributed by atoms with van der Waals surface area (Å²) in [6, 6.07) is 12.5. The van der Waals surface area contributed by atoms with Crippen molar-refractivity contribution in [1.82, 2.24) is 19.5 Å². The SMILES string of the molecule is Cc1ccc(CNC(=O)C(C)n2nc3ccccn3c2=O)cc1. The fourth-order valence-corrected chi connectivity index (χ4v) is 2.35. The van der Waals surface area contributed by atoms with Crippen LogP contribution in [0.25, 0.3) is 5.65 Å². The molecule has 3 aromatic rings. The first kappa shape index (κ1) is 15.0. The molecular weight excluding hydrogens is 292 g/mol. The summed E-state index contributed by atoms with van der Waals surface area (Å²) in [7, 11) is 0. The number of benzene rings is 1. The molecule has 0 aliphatic heterocycles. The van der Waals surface area contributed by atoms with E-state index in [1.165, 1.54) is 14.6 Å². The van der Waals surface area contributed by atoms with Gasteiger partial charge >= 0.3 is 5.69 Å². The molecule has 23 heavy (non-hydrogen) atoms. The van der Waals surface area contributed by atoms with E-state index >= 15 is 0 Å². The van der Waals surface area contributed by atoms with Gasteiger partial charge in [-0.2, -0.15) is 0 Å². The lowest BCUT2D eigenvalue weighted by molar-refractivity contribution is -0.124. The van der Waals surface area contributed by atoms with Crippen molar-refractivity contribution in [2.24, 2.45) is 0 Å². The van der Waals surface area contributed by atoms with Gasteiger partial charge in [-0.3, -0.25) is 9.20 Å². The van der Waals surface area contributed by atoms with Crippen LogP contribution in [0.4, 0.5) is 0 Å². The Bertz CT molecular complexity index is 893. The molecule has 118 valence electrons. The Morgan fingerprint density at radius 2 is 1.96 bits per heavy atom. The number of carbonyl (C=O) groups is 1. The second-order valence-electron chi connectivity index (χ2n) is 5.54. The number of rotatable bonds is 4. The molecule has 3 rings (SSSR count). The highest BCUT2D eigenvalue weighted by Gasteiger charge is 2.19. The van der Waals surface area contributed by atoms with Gasteiger partial charge in [0, 0.05) is 12.7 Å². The molecule has 0 saturated carbocycles. The van der Waals surface area contributed by atoms with Gasteiger partial charge in [0.15, 0.2) is 5.65 Å². The zero-order chi connectivity index (χ0) is 16.4. The zero-order valence-corrected chi connectivity index (χ0v) is 13.1. The molecule has 2 aromatic heterocycles. The third-order valence-corrected chi connectivity index (χ3v) is 3.78. The summed E-state index contributed by atoms with van der Waals surface area (Å²) in [6.45, 7) is 4.10.